The molecular formula is C26H22F3NO. The smallest absolute Gasteiger partial charge is 0.134 e. The maximum atomic E-state index is 14.8. The minimum atomic E-state index is -0.676. The van der Waals surface area contributed by atoms with Gasteiger partial charge in [0.05, 0.1) is 6.04 Å². The normalized spacial score (nSPS) is 25.0. The fourth-order valence-electron chi connectivity index (χ4n) is 4.70. The molecule has 3 atom stereocenters. The summed E-state index contributed by atoms with van der Waals surface area (Å²) < 4.78 is 50.3. The van der Waals surface area contributed by atoms with Gasteiger partial charge in [0.2, 0.25) is 0 Å². The zero-order valence-electron chi connectivity index (χ0n) is 16.8. The van der Waals surface area contributed by atoms with Crippen LogP contribution in [-0.2, 0) is 4.74 Å². The number of hydrogen-bond acceptors (Lipinski definition) is 2. The molecule has 0 amide bonds. The van der Waals surface area contributed by atoms with Crippen molar-refractivity contribution in [1.82, 2.24) is 4.90 Å². The Morgan fingerprint density at radius 1 is 0.774 bits per heavy atom. The molecule has 2 nitrogen and oxygen atoms in total. The molecule has 2 aliphatic rings. The van der Waals surface area contributed by atoms with E-state index in [1.54, 1.807) is 54.6 Å². The summed E-state index contributed by atoms with van der Waals surface area (Å²) in [6.07, 6.45) is 2.24. The number of halogens is 3. The summed E-state index contributed by atoms with van der Waals surface area (Å²) in [5.74, 6) is -1.03. The molecule has 158 valence electrons. The Kier molecular flexibility index (Phi) is 5.38. The van der Waals surface area contributed by atoms with Crippen LogP contribution in [0.25, 0.3) is 6.08 Å². The van der Waals surface area contributed by atoms with Crippen LogP contribution in [0.15, 0.2) is 78.4 Å². The molecule has 3 aromatic rings. The van der Waals surface area contributed by atoms with Crippen LogP contribution in [0.2, 0.25) is 0 Å². The van der Waals surface area contributed by atoms with Crippen molar-refractivity contribution in [3.63, 3.8) is 0 Å². The van der Waals surface area contributed by atoms with E-state index in [2.05, 4.69) is 4.90 Å². The van der Waals surface area contributed by atoms with Crippen molar-refractivity contribution in [3.05, 3.63) is 113 Å². The third-order valence-electron chi connectivity index (χ3n) is 6.10. The molecule has 3 unspecified atom stereocenters. The topological polar surface area (TPSA) is 12.5 Å². The van der Waals surface area contributed by atoms with Crippen LogP contribution < -0.4 is 0 Å². The molecule has 31 heavy (non-hydrogen) atoms. The lowest BCUT2D eigenvalue weighted by molar-refractivity contribution is 0.0138. The number of nitrogens with zero attached hydrogens (tertiary/aromatic N) is 1. The van der Waals surface area contributed by atoms with Gasteiger partial charge < -0.3 is 4.74 Å². The van der Waals surface area contributed by atoms with Gasteiger partial charge in [0.25, 0.3) is 0 Å². The number of piperidine rings is 1. The zero-order chi connectivity index (χ0) is 21.4. The predicted molar refractivity (Wildman–Crippen MR) is 113 cm³/mol. The average Bonchev–Trinajstić information content (AvgIpc) is 3.16. The minimum Gasteiger partial charge on any atom is -0.349 e. The number of fused-ring (bicyclic) bond motifs is 1. The quantitative estimate of drug-likeness (QED) is 0.484. The molecule has 0 aromatic heterocycles. The van der Waals surface area contributed by atoms with E-state index >= 15 is 0 Å². The van der Waals surface area contributed by atoms with E-state index in [9.17, 15) is 13.2 Å². The second kappa shape index (κ2) is 8.33. The molecule has 2 heterocycles. The van der Waals surface area contributed by atoms with E-state index in [-0.39, 0.29) is 17.5 Å². The molecular weight excluding hydrogens is 399 g/mol. The van der Waals surface area contributed by atoms with Gasteiger partial charge in [-0.25, -0.2) is 13.2 Å². The van der Waals surface area contributed by atoms with Gasteiger partial charge >= 0.3 is 0 Å². The van der Waals surface area contributed by atoms with Crippen molar-refractivity contribution in [2.75, 3.05) is 6.54 Å². The van der Waals surface area contributed by atoms with E-state index in [1.165, 1.54) is 18.2 Å². The van der Waals surface area contributed by atoms with Crippen molar-refractivity contribution >= 4 is 6.08 Å². The Labute approximate surface area is 179 Å². The molecule has 0 N–H and O–H groups in total. The minimum absolute atomic E-state index is 0.304. The molecule has 2 aliphatic heterocycles. The lowest BCUT2D eigenvalue weighted by atomic mass is 9.92. The second-order valence-electron chi connectivity index (χ2n) is 7.98. The van der Waals surface area contributed by atoms with Crippen LogP contribution in [0.5, 0.6) is 0 Å². The average molecular weight is 421 g/mol. The van der Waals surface area contributed by atoms with Gasteiger partial charge in [-0.1, -0.05) is 54.6 Å². The van der Waals surface area contributed by atoms with E-state index in [1.807, 2.05) is 6.08 Å². The SMILES string of the molecule is Fc1ccccc1/C=C1\CCCN2C1OC(c1ccccc1F)C2c1ccccc1F. The van der Waals surface area contributed by atoms with Gasteiger partial charge in [0, 0.05) is 23.2 Å². The highest BCUT2D eigenvalue weighted by Crippen LogP contribution is 2.50. The molecule has 0 spiro atoms. The van der Waals surface area contributed by atoms with E-state index < -0.39 is 18.4 Å². The highest BCUT2D eigenvalue weighted by atomic mass is 19.1. The number of hydrogen-bond donors (Lipinski definition) is 0. The standard InChI is InChI=1S/C26H22F3NO/c27-21-12-4-1-8-17(21)16-18-9-7-15-30-24(19-10-2-5-13-22(19)28)25(31-26(18)30)20-11-3-6-14-23(20)29/h1-6,8,10-14,16,24-26H,7,9,15H2/b18-16+. The van der Waals surface area contributed by atoms with Crippen LogP contribution in [0.3, 0.4) is 0 Å². The maximum absolute atomic E-state index is 14.8. The van der Waals surface area contributed by atoms with E-state index in [0.29, 0.717) is 23.2 Å². The van der Waals surface area contributed by atoms with Gasteiger partial charge in [-0.3, -0.25) is 4.90 Å². The first-order valence-electron chi connectivity index (χ1n) is 10.5. The van der Waals surface area contributed by atoms with E-state index in [0.717, 1.165) is 18.4 Å². The molecule has 0 saturated carbocycles. The van der Waals surface area contributed by atoms with Gasteiger partial charge in [-0.05, 0) is 42.7 Å². The largest absolute Gasteiger partial charge is 0.349 e. The maximum Gasteiger partial charge on any atom is 0.134 e. The number of ether oxygens (including phenoxy) is 1. The summed E-state index contributed by atoms with van der Waals surface area (Å²) in [5.41, 5.74) is 2.28. The Bertz CT molecular complexity index is 1130. The fraction of sp³-hybridized carbons (Fsp3) is 0.231. The fourth-order valence-corrected chi connectivity index (χ4v) is 4.70. The summed E-state index contributed by atoms with van der Waals surface area (Å²) in [4.78, 5) is 2.08. The highest BCUT2D eigenvalue weighted by molar-refractivity contribution is 5.55. The Morgan fingerprint density at radius 2 is 1.39 bits per heavy atom. The predicted octanol–water partition coefficient (Wildman–Crippen LogP) is 6.42. The molecule has 3 aromatic carbocycles. The Hall–Kier alpha value is -2.89. The molecule has 0 bridgehead atoms. The number of benzene rings is 3. The molecule has 2 fully saturated rings. The Morgan fingerprint density at radius 3 is 2.06 bits per heavy atom. The van der Waals surface area contributed by atoms with E-state index in [4.69, 9.17) is 4.74 Å². The third kappa shape index (κ3) is 3.68. The van der Waals surface area contributed by atoms with Crippen molar-refractivity contribution < 1.29 is 17.9 Å². The summed E-state index contributed by atoms with van der Waals surface area (Å²) >= 11 is 0. The first-order chi connectivity index (χ1) is 15.1. The van der Waals surface area contributed by atoms with Gasteiger partial charge in [0.1, 0.15) is 29.8 Å². The second-order valence-corrected chi connectivity index (χ2v) is 7.98. The van der Waals surface area contributed by atoms with Crippen LogP contribution >= 0.6 is 0 Å². The molecule has 5 rings (SSSR count). The zero-order valence-corrected chi connectivity index (χ0v) is 16.8. The Balaban J connectivity index is 1.60. The summed E-state index contributed by atoms with van der Waals surface area (Å²) in [6, 6.07) is 19.1. The van der Waals surface area contributed by atoms with Crippen LogP contribution in [0, 0.1) is 17.5 Å². The summed E-state index contributed by atoms with van der Waals surface area (Å²) in [6.45, 7) is 0.684. The van der Waals surface area contributed by atoms with Gasteiger partial charge in [0.15, 0.2) is 0 Å². The lowest BCUT2D eigenvalue weighted by Crippen LogP contribution is -2.38. The van der Waals surface area contributed by atoms with Crippen molar-refractivity contribution in [2.45, 2.75) is 31.2 Å². The van der Waals surface area contributed by atoms with Gasteiger partial charge in [-0.2, -0.15) is 0 Å². The number of rotatable bonds is 3. The third-order valence-corrected chi connectivity index (χ3v) is 6.10. The van der Waals surface area contributed by atoms with Gasteiger partial charge in [-0.15, -0.1) is 0 Å². The molecule has 0 radical (unpaired) electrons. The van der Waals surface area contributed by atoms with Crippen molar-refractivity contribution in [2.24, 2.45) is 0 Å². The van der Waals surface area contributed by atoms with Crippen molar-refractivity contribution in [3.8, 4) is 0 Å². The van der Waals surface area contributed by atoms with Crippen LogP contribution in [0.4, 0.5) is 13.2 Å². The first-order valence-corrected chi connectivity index (χ1v) is 10.5. The first kappa shape index (κ1) is 20.0. The summed E-state index contributed by atoms with van der Waals surface area (Å²) in [5, 5.41) is 0. The highest BCUT2D eigenvalue weighted by Gasteiger charge is 2.47. The summed E-state index contributed by atoms with van der Waals surface area (Å²) in [7, 11) is 0. The molecule has 2 saturated heterocycles. The molecule has 5 heteroatoms. The molecule has 0 aliphatic carbocycles. The monoisotopic (exact) mass is 421 g/mol. The van der Waals surface area contributed by atoms with Crippen LogP contribution in [-0.4, -0.2) is 17.7 Å². The van der Waals surface area contributed by atoms with Crippen molar-refractivity contribution in [1.29, 1.82) is 0 Å². The van der Waals surface area contributed by atoms with Crippen LogP contribution in [0.1, 0.15) is 41.7 Å². The lowest BCUT2D eigenvalue weighted by Gasteiger charge is -2.34.